The Bertz CT molecular complexity index is 768. The van der Waals surface area contributed by atoms with E-state index in [0.717, 1.165) is 24.4 Å². The van der Waals surface area contributed by atoms with Gasteiger partial charge in [-0.25, -0.2) is 0 Å². The number of aryl methyl sites for hydroxylation is 2. The monoisotopic (exact) mass is 355 g/mol. The normalized spacial score (nSPS) is 16.9. The minimum atomic E-state index is -0.310. The minimum Gasteiger partial charge on any atom is -0.348 e. The van der Waals surface area contributed by atoms with E-state index in [2.05, 4.69) is 22.4 Å². The molecule has 0 spiro atoms. The summed E-state index contributed by atoms with van der Waals surface area (Å²) < 4.78 is 1.93. The molecule has 1 N–H and O–H groups in total. The van der Waals surface area contributed by atoms with E-state index in [9.17, 15) is 9.59 Å². The van der Waals surface area contributed by atoms with Crippen LogP contribution in [0.15, 0.2) is 30.6 Å². The third kappa shape index (κ3) is 4.28. The van der Waals surface area contributed by atoms with Gasteiger partial charge >= 0.3 is 0 Å². The molecule has 7 heteroatoms. The number of hydrogen-bond acceptors (Lipinski definition) is 4. The van der Waals surface area contributed by atoms with Gasteiger partial charge in [-0.05, 0) is 18.9 Å². The van der Waals surface area contributed by atoms with E-state index in [1.807, 2.05) is 35.8 Å². The topological polar surface area (TPSA) is 80.1 Å². The smallest absolute Gasteiger partial charge is 0.225 e. The van der Waals surface area contributed by atoms with Crippen molar-refractivity contribution in [2.45, 2.75) is 46.3 Å². The molecule has 1 unspecified atom stereocenters. The molecule has 1 aromatic heterocycles. The number of amides is 2. The standard InChI is InChI=1S/C19H25N5O2/c1-3-8-23-13-21-22-17(23)10-20-19(26)16-9-18(25)24(12-16)11-15-6-4-14(2)5-7-15/h4-7,13,16H,3,8-12H2,1-2H3,(H,20,26). The molecule has 1 aromatic carbocycles. The highest BCUT2D eigenvalue weighted by atomic mass is 16.2. The van der Waals surface area contributed by atoms with Crippen molar-refractivity contribution < 1.29 is 9.59 Å². The Morgan fingerprint density at radius 2 is 2.08 bits per heavy atom. The van der Waals surface area contributed by atoms with Crippen LogP contribution in [-0.4, -0.2) is 38.0 Å². The molecule has 0 saturated carbocycles. The molecule has 0 radical (unpaired) electrons. The average Bonchev–Trinajstić information content (AvgIpc) is 3.22. The van der Waals surface area contributed by atoms with Gasteiger partial charge < -0.3 is 14.8 Å². The number of rotatable bonds is 7. The third-order valence-corrected chi connectivity index (χ3v) is 4.66. The van der Waals surface area contributed by atoms with Gasteiger partial charge in [-0.3, -0.25) is 9.59 Å². The zero-order valence-corrected chi connectivity index (χ0v) is 15.3. The van der Waals surface area contributed by atoms with Crippen molar-refractivity contribution in [1.29, 1.82) is 0 Å². The van der Waals surface area contributed by atoms with Gasteiger partial charge in [0.1, 0.15) is 6.33 Å². The largest absolute Gasteiger partial charge is 0.348 e. The quantitative estimate of drug-likeness (QED) is 0.819. The zero-order valence-electron chi connectivity index (χ0n) is 15.3. The predicted molar refractivity (Wildman–Crippen MR) is 96.9 cm³/mol. The first-order valence-electron chi connectivity index (χ1n) is 9.04. The van der Waals surface area contributed by atoms with Crippen LogP contribution in [0.5, 0.6) is 0 Å². The Balaban J connectivity index is 1.53. The second kappa shape index (κ2) is 8.12. The molecule has 1 saturated heterocycles. The van der Waals surface area contributed by atoms with Gasteiger partial charge in [0.05, 0.1) is 12.5 Å². The molecule has 1 atom stereocenters. The van der Waals surface area contributed by atoms with Crippen LogP contribution in [0.3, 0.4) is 0 Å². The third-order valence-electron chi connectivity index (χ3n) is 4.66. The summed E-state index contributed by atoms with van der Waals surface area (Å²) in [6.45, 7) is 6.28. The molecule has 0 aliphatic carbocycles. The highest BCUT2D eigenvalue weighted by molar-refractivity contribution is 5.89. The fraction of sp³-hybridized carbons (Fsp3) is 0.474. The fourth-order valence-electron chi connectivity index (χ4n) is 3.17. The molecule has 26 heavy (non-hydrogen) atoms. The first kappa shape index (κ1) is 18.1. The summed E-state index contributed by atoms with van der Waals surface area (Å²) >= 11 is 0. The average molecular weight is 355 g/mol. The van der Waals surface area contributed by atoms with Crippen LogP contribution >= 0.6 is 0 Å². The van der Waals surface area contributed by atoms with E-state index in [1.54, 1.807) is 11.2 Å². The van der Waals surface area contributed by atoms with Crippen molar-refractivity contribution in [2.75, 3.05) is 6.54 Å². The molecule has 2 aromatic rings. The van der Waals surface area contributed by atoms with Crippen LogP contribution in [0, 0.1) is 12.8 Å². The van der Waals surface area contributed by atoms with Gasteiger partial charge in [-0.2, -0.15) is 0 Å². The van der Waals surface area contributed by atoms with Gasteiger partial charge in [0, 0.05) is 26.1 Å². The Labute approximate surface area is 153 Å². The maximum absolute atomic E-state index is 12.5. The minimum absolute atomic E-state index is 0.0277. The van der Waals surface area contributed by atoms with Crippen molar-refractivity contribution in [3.63, 3.8) is 0 Å². The predicted octanol–water partition coefficient (Wildman–Crippen LogP) is 1.66. The lowest BCUT2D eigenvalue weighted by Crippen LogP contribution is -2.33. The van der Waals surface area contributed by atoms with Gasteiger partial charge in [-0.1, -0.05) is 36.8 Å². The van der Waals surface area contributed by atoms with E-state index in [4.69, 9.17) is 0 Å². The lowest BCUT2D eigenvalue weighted by molar-refractivity contribution is -0.129. The number of benzene rings is 1. The summed E-state index contributed by atoms with van der Waals surface area (Å²) in [5.41, 5.74) is 2.27. The van der Waals surface area contributed by atoms with Crippen molar-refractivity contribution in [3.8, 4) is 0 Å². The Hall–Kier alpha value is -2.70. The zero-order chi connectivity index (χ0) is 18.5. The second-order valence-corrected chi connectivity index (χ2v) is 6.82. The van der Waals surface area contributed by atoms with Crippen LogP contribution in [-0.2, 0) is 29.2 Å². The van der Waals surface area contributed by atoms with E-state index in [0.29, 0.717) is 19.6 Å². The van der Waals surface area contributed by atoms with Crippen molar-refractivity contribution in [1.82, 2.24) is 25.0 Å². The summed E-state index contributed by atoms with van der Waals surface area (Å²) in [4.78, 5) is 26.5. The molecule has 1 aliphatic heterocycles. The number of nitrogens with one attached hydrogen (secondary N) is 1. The summed E-state index contributed by atoms with van der Waals surface area (Å²) in [6, 6.07) is 8.12. The summed E-state index contributed by atoms with van der Waals surface area (Å²) in [5, 5.41) is 10.8. The van der Waals surface area contributed by atoms with Crippen molar-refractivity contribution in [2.24, 2.45) is 5.92 Å². The highest BCUT2D eigenvalue weighted by Crippen LogP contribution is 2.20. The molecule has 0 bridgehead atoms. The number of nitrogens with zero attached hydrogens (tertiary/aromatic N) is 4. The number of carbonyl (C=O) groups is 2. The molecule has 1 fully saturated rings. The number of aromatic nitrogens is 3. The molecule has 2 amide bonds. The van der Waals surface area contributed by atoms with Crippen LogP contribution < -0.4 is 5.32 Å². The Morgan fingerprint density at radius 3 is 2.81 bits per heavy atom. The molecular formula is C19H25N5O2. The fourth-order valence-corrected chi connectivity index (χ4v) is 3.17. The number of likely N-dealkylation sites (tertiary alicyclic amines) is 1. The summed E-state index contributed by atoms with van der Waals surface area (Å²) in [7, 11) is 0. The first-order valence-corrected chi connectivity index (χ1v) is 9.04. The molecule has 138 valence electrons. The molecular weight excluding hydrogens is 330 g/mol. The van der Waals surface area contributed by atoms with E-state index in [1.165, 1.54) is 5.56 Å². The van der Waals surface area contributed by atoms with Crippen LogP contribution in [0.4, 0.5) is 0 Å². The summed E-state index contributed by atoms with van der Waals surface area (Å²) in [6.07, 6.45) is 2.91. The van der Waals surface area contributed by atoms with Crippen LogP contribution in [0.25, 0.3) is 0 Å². The summed E-state index contributed by atoms with van der Waals surface area (Å²) in [5.74, 6) is 0.354. The molecule has 1 aliphatic rings. The van der Waals surface area contributed by atoms with E-state index in [-0.39, 0.29) is 24.2 Å². The SMILES string of the molecule is CCCn1cnnc1CNC(=O)C1CC(=O)N(Cc2ccc(C)cc2)C1. The van der Waals surface area contributed by atoms with Crippen LogP contribution in [0.2, 0.25) is 0 Å². The van der Waals surface area contributed by atoms with Gasteiger partial charge in [0.25, 0.3) is 0 Å². The number of hydrogen-bond donors (Lipinski definition) is 1. The molecule has 3 rings (SSSR count). The lowest BCUT2D eigenvalue weighted by atomic mass is 10.1. The molecule has 7 nitrogen and oxygen atoms in total. The maximum Gasteiger partial charge on any atom is 0.225 e. The van der Waals surface area contributed by atoms with Gasteiger partial charge in [-0.15, -0.1) is 10.2 Å². The van der Waals surface area contributed by atoms with Crippen molar-refractivity contribution in [3.05, 3.63) is 47.5 Å². The van der Waals surface area contributed by atoms with Gasteiger partial charge in [0.15, 0.2) is 5.82 Å². The van der Waals surface area contributed by atoms with Gasteiger partial charge in [0.2, 0.25) is 11.8 Å². The van der Waals surface area contributed by atoms with E-state index < -0.39 is 0 Å². The Morgan fingerprint density at radius 1 is 1.31 bits per heavy atom. The second-order valence-electron chi connectivity index (χ2n) is 6.82. The number of carbonyl (C=O) groups excluding carboxylic acids is 2. The lowest BCUT2D eigenvalue weighted by Gasteiger charge is -2.17. The maximum atomic E-state index is 12.5. The Kier molecular flexibility index (Phi) is 5.65. The molecule has 2 heterocycles. The first-order chi connectivity index (χ1) is 12.6. The highest BCUT2D eigenvalue weighted by Gasteiger charge is 2.34. The van der Waals surface area contributed by atoms with E-state index >= 15 is 0 Å². The van der Waals surface area contributed by atoms with Crippen LogP contribution in [0.1, 0.15) is 36.7 Å². The van der Waals surface area contributed by atoms with Crippen molar-refractivity contribution >= 4 is 11.8 Å².